The van der Waals surface area contributed by atoms with Gasteiger partial charge in [-0.25, -0.2) is 14.6 Å². The zero-order chi connectivity index (χ0) is 31.3. The van der Waals surface area contributed by atoms with Gasteiger partial charge in [0, 0.05) is 18.9 Å². The molecule has 0 spiro atoms. The number of carbonyl (C=O) groups excluding carboxylic acids is 3. The fraction of sp³-hybridized carbons (Fsp3) is 0.273. The third-order valence-corrected chi connectivity index (χ3v) is 7.23. The molecule has 43 heavy (non-hydrogen) atoms. The molecule has 10 heteroatoms. The first-order chi connectivity index (χ1) is 20.3. The lowest BCUT2D eigenvalue weighted by molar-refractivity contribution is -0.142. The second-order valence-corrected chi connectivity index (χ2v) is 11.9. The maximum Gasteiger partial charge on any atom is 0.415 e. The van der Waals surface area contributed by atoms with Crippen molar-refractivity contribution in [3.8, 4) is 0 Å². The molecule has 0 saturated carbocycles. The predicted molar refractivity (Wildman–Crippen MR) is 169 cm³/mol. The van der Waals surface area contributed by atoms with Crippen LogP contribution in [0.15, 0.2) is 72.8 Å². The number of halogens is 2. The Kier molecular flexibility index (Phi) is 9.94. The number of rotatable bonds is 8. The zero-order valence-corrected chi connectivity index (χ0v) is 26.1. The van der Waals surface area contributed by atoms with Crippen molar-refractivity contribution in [2.24, 2.45) is 0 Å². The maximum atomic E-state index is 12.9. The topological polar surface area (TPSA) is 97.8 Å². The number of hydrogen-bond donors (Lipinski definition) is 1. The largest absolute Gasteiger partial charge is 0.467 e. The van der Waals surface area contributed by atoms with Crippen molar-refractivity contribution in [2.45, 2.75) is 45.3 Å². The zero-order valence-electron chi connectivity index (χ0n) is 24.6. The molecule has 0 unspecified atom stereocenters. The van der Waals surface area contributed by atoms with E-state index >= 15 is 0 Å². The van der Waals surface area contributed by atoms with Crippen molar-refractivity contribution in [1.29, 1.82) is 0 Å². The van der Waals surface area contributed by atoms with Gasteiger partial charge >= 0.3 is 12.1 Å². The fourth-order valence-corrected chi connectivity index (χ4v) is 4.99. The van der Waals surface area contributed by atoms with Gasteiger partial charge < -0.3 is 14.8 Å². The van der Waals surface area contributed by atoms with Crippen LogP contribution in [-0.4, -0.2) is 48.8 Å². The summed E-state index contributed by atoms with van der Waals surface area (Å²) in [6, 6.07) is 21.3. The van der Waals surface area contributed by atoms with Crippen LogP contribution >= 0.6 is 23.2 Å². The first kappa shape index (κ1) is 31.8. The molecule has 1 N–H and O–H groups in total. The Morgan fingerprint density at radius 1 is 0.907 bits per heavy atom. The van der Waals surface area contributed by atoms with E-state index in [2.05, 4.69) is 10.3 Å². The Balaban J connectivity index is 1.46. The molecular weight excluding hydrogens is 589 g/mol. The Bertz CT molecular complexity index is 1630. The molecule has 0 saturated heterocycles. The highest BCUT2D eigenvalue weighted by Crippen LogP contribution is 2.25. The van der Waals surface area contributed by atoms with Gasteiger partial charge in [-0.05, 0) is 74.2 Å². The van der Waals surface area contributed by atoms with Crippen molar-refractivity contribution in [3.63, 3.8) is 0 Å². The highest BCUT2D eigenvalue weighted by molar-refractivity contribution is 6.39. The van der Waals surface area contributed by atoms with Crippen LogP contribution in [0.2, 0.25) is 10.0 Å². The quantitative estimate of drug-likeness (QED) is 0.212. The second kappa shape index (κ2) is 13.4. The number of hydrogen-bond acceptors (Lipinski definition) is 6. The van der Waals surface area contributed by atoms with Crippen molar-refractivity contribution in [3.05, 3.63) is 105 Å². The van der Waals surface area contributed by atoms with Crippen LogP contribution in [-0.2, 0) is 27.1 Å². The third-order valence-electron chi connectivity index (χ3n) is 6.60. The monoisotopic (exact) mass is 621 g/mol. The number of pyridine rings is 1. The van der Waals surface area contributed by atoms with Gasteiger partial charge in [0.1, 0.15) is 17.5 Å². The Morgan fingerprint density at radius 3 is 2.14 bits per heavy atom. The van der Waals surface area contributed by atoms with E-state index in [1.54, 1.807) is 31.3 Å². The number of aromatic nitrogens is 1. The number of nitrogens with one attached hydrogen (secondary N) is 1. The van der Waals surface area contributed by atoms with Crippen molar-refractivity contribution >= 4 is 57.9 Å². The Labute approximate surface area is 260 Å². The first-order valence-corrected chi connectivity index (χ1v) is 14.4. The number of ether oxygens (including phenoxy) is 2. The van der Waals surface area contributed by atoms with Gasteiger partial charge in [-0.3, -0.25) is 9.69 Å². The molecule has 1 heterocycles. The molecule has 224 valence electrons. The molecule has 0 fully saturated rings. The summed E-state index contributed by atoms with van der Waals surface area (Å²) in [6.07, 6.45) is 0.387. The molecular formula is C33H33Cl2N3O5. The van der Waals surface area contributed by atoms with Crippen LogP contribution in [0.5, 0.6) is 0 Å². The van der Waals surface area contributed by atoms with E-state index in [0.29, 0.717) is 12.2 Å². The minimum Gasteiger partial charge on any atom is -0.467 e. The molecule has 4 rings (SSSR count). The van der Waals surface area contributed by atoms with E-state index in [0.717, 1.165) is 27.6 Å². The van der Waals surface area contributed by atoms with E-state index in [1.807, 2.05) is 69.3 Å². The number of esters is 1. The van der Waals surface area contributed by atoms with Gasteiger partial charge in [0.25, 0.3) is 5.91 Å². The summed E-state index contributed by atoms with van der Waals surface area (Å²) in [5.74, 6) is -0.652. The average Bonchev–Trinajstić information content (AvgIpc) is 2.95. The Hall–Kier alpha value is -4.14. The lowest BCUT2D eigenvalue weighted by Crippen LogP contribution is -2.43. The molecule has 0 bridgehead atoms. The maximum absolute atomic E-state index is 12.9. The van der Waals surface area contributed by atoms with Crippen LogP contribution < -0.4 is 10.2 Å². The Morgan fingerprint density at radius 2 is 1.51 bits per heavy atom. The minimum atomic E-state index is -0.935. The molecule has 3 aromatic carbocycles. The molecule has 0 aliphatic carbocycles. The lowest BCUT2D eigenvalue weighted by Gasteiger charge is -2.24. The molecule has 4 aromatic rings. The lowest BCUT2D eigenvalue weighted by atomic mass is 9.99. The van der Waals surface area contributed by atoms with Gasteiger partial charge in [-0.1, -0.05) is 65.7 Å². The number of anilines is 1. The molecule has 0 radical (unpaired) electrons. The molecule has 1 atom stereocenters. The summed E-state index contributed by atoms with van der Waals surface area (Å²) in [4.78, 5) is 44.0. The van der Waals surface area contributed by atoms with Crippen LogP contribution in [0.3, 0.4) is 0 Å². The number of nitrogens with zero attached hydrogens (tertiary/aromatic N) is 2. The third kappa shape index (κ3) is 8.24. The summed E-state index contributed by atoms with van der Waals surface area (Å²) in [6.45, 7) is 5.46. The molecule has 1 aromatic heterocycles. The van der Waals surface area contributed by atoms with Gasteiger partial charge in [0.05, 0.1) is 28.2 Å². The van der Waals surface area contributed by atoms with E-state index in [9.17, 15) is 14.4 Å². The van der Waals surface area contributed by atoms with Gasteiger partial charge in [0.2, 0.25) is 0 Å². The second-order valence-electron chi connectivity index (χ2n) is 11.1. The van der Waals surface area contributed by atoms with E-state index in [4.69, 9.17) is 32.7 Å². The van der Waals surface area contributed by atoms with Gasteiger partial charge in [-0.15, -0.1) is 0 Å². The smallest absolute Gasteiger partial charge is 0.415 e. The minimum absolute atomic E-state index is 0.101. The van der Waals surface area contributed by atoms with Crippen LogP contribution in [0, 0.1) is 0 Å². The number of amides is 2. The molecule has 2 amide bonds. The van der Waals surface area contributed by atoms with Gasteiger partial charge in [0.15, 0.2) is 0 Å². The highest BCUT2D eigenvalue weighted by atomic mass is 35.5. The van der Waals surface area contributed by atoms with Crippen molar-refractivity contribution in [2.75, 3.05) is 19.1 Å². The first-order valence-electron chi connectivity index (χ1n) is 13.6. The van der Waals surface area contributed by atoms with Crippen molar-refractivity contribution in [1.82, 2.24) is 10.3 Å². The normalized spacial score (nSPS) is 12.0. The number of benzene rings is 3. The molecule has 0 aliphatic heterocycles. The van der Waals surface area contributed by atoms with E-state index < -0.39 is 29.6 Å². The molecule has 0 aliphatic rings. The highest BCUT2D eigenvalue weighted by Gasteiger charge is 2.25. The average molecular weight is 623 g/mol. The van der Waals surface area contributed by atoms with E-state index in [-0.39, 0.29) is 22.0 Å². The van der Waals surface area contributed by atoms with E-state index in [1.165, 1.54) is 12.0 Å². The van der Waals surface area contributed by atoms with Gasteiger partial charge in [-0.2, -0.15) is 0 Å². The summed E-state index contributed by atoms with van der Waals surface area (Å²) >= 11 is 12.3. The summed E-state index contributed by atoms with van der Waals surface area (Å²) in [7, 11) is 2.90. The van der Waals surface area contributed by atoms with Crippen LogP contribution in [0.1, 0.15) is 47.8 Å². The van der Waals surface area contributed by atoms with Crippen LogP contribution in [0.4, 0.5) is 10.6 Å². The predicted octanol–water partition coefficient (Wildman–Crippen LogP) is 7.02. The summed E-state index contributed by atoms with van der Waals surface area (Å²) in [5, 5.41) is 4.02. The SMILES string of the molecule is COC(=O)[C@H](Cc1ccc(Cc2ccc3ccc(N(C)C(=O)OC(C)(C)C)nc3c2)cc1)NC(=O)c1c(Cl)cccc1Cl. The molecule has 8 nitrogen and oxygen atoms in total. The number of fused-ring (bicyclic) bond motifs is 1. The van der Waals surface area contributed by atoms with Crippen molar-refractivity contribution < 1.29 is 23.9 Å². The number of methoxy groups -OCH3 is 1. The fourth-order valence-electron chi connectivity index (χ4n) is 4.42. The standard InChI is InChI=1S/C33H33Cl2N3O5/c1-33(2,3)43-32(41)38(4)28-16-15-23-14-13-22(19-26(23)36-28)17-20-9-11-21(12-10-20)18-27(31(40)42-5)37-30(39)29-24(34)7-6-8-25(29)35/h6-16,19,27H,17-18H2,1-5H3,(H,37,39)/t27-/m0/s1. The number of carbonyl (C=O) groups is 3. The summed E-state index contributed by atoms with van der Waals surface area (Å²) < 4.78 is 10.4. The van der Waals surface area contributed by atoms with Crippen LogP contribution in [0.25, 0.3) is 10.9 Å². The summed E-state index contributed by atoms with van der Waals surface area (Å²) in [5.41, 5.74) is 3.18.